The largest absolute Gasteiger partial charge is 3.00 e. The Bertz CT molecular complexity index is 2510. The van der Waals surface area contributed by atoms with Gasteiger partial charge in [-0.3, -0.25) is 0 Å². The van der Waals surface area contributed by atoms with Gasteiger partial charge < -0.3 is 20.4 Å². The van der Waals surface area contributed by atoms with Crippen molar-refractivity contribution >= 4 is 66.0 Å². The number of sulfonamides is 2. The van der Waals surface area contributed by atoms with Crippen molar-refractivity contribution in [2.75, 3.05) is 0 Å². The second-order valence-electron chi connectivity index (χ2n) is 11.0. The molecule has 6 rings (SSSR count). The molecule has 286 valence electrons. The summed E-state index contributed by atoms with van der Waals surface area (Å²) >= 11 is 11.8. The number of hydrogen-bond donors (Lipinski definition) is 2. The summed E-state index contributed by atoms with van der Waals surface area (Å²) in [5.74, 6) is -2.26. The summed E-state index contributed by atoms with van der Waals surface area (Å²) < 4.78 is 47.8. The molecule has 0 aliphatic carbocycles. The number of azo groups is 2. The van der Waals surface area contributed by atoms with Crippen molar-refractivity contribution in [3.63, 3.8) is 0 Å². The van der Waals surface area contributed by atoms with Crippen LogP contribution in [0.3, 0.4) is 0 Å². The van der Waals surface area contributed by atoms with Crippen LogP contribution in [0, 0.1) is 13.8 Å². The molecule has 0 amide bonds. The van der Waals surface area contributed by atoms with Crippen LogP contribution in [-0.4, -0.2) is 36.4 Å². The first-order chi connectivity index (χ1) is 25.3. The zero-order chi connectivity index (χ0) is 39.5. The van der Waals surface area contributed by atoms with E-state index in [1.54, 1.807) is 62.4 Å². The molecule has 0 atom stereocenters. The third-order valence-corrected chi connectivity index (χ3v) is 9.41. The summed E-state index contributed by atoms with van der Waals surface area (Å²) in [7, 11) is -8.02. The summed E-state index contributed by atoms with van der Waals surface area (Å²) in [4.78, 5) is -0.575. The number of rotatable bonds is 8. The zero-order valence-electron chi connectivity index (χ0n) is 28.0. The third kappa shape index (κ3) is 10.0. The standard InChI is InChI=1S/2C16H14ClN5O4S.Co/c2*1-9-15(16(24)22(21-9)11-4-2-3-10(17)7-11)20-19-13-8-12(27(18,25)26)5-6-14(13)23;/h2*2-8,23-24H,1H3,(H2,18,25,26);/q;;+3/p-4. The quantitative estimate of drug-likeness (QED) is 0.207. The molecule has 0 spiro atoms. The van der Waals surface area contributed by atoms with Gasteiger partial charge in [-0.25, -0.2) is 36.5 Å². The molecule has 0 saturated heterocycles. The molecule has 18 nitrogen and oxygen atoms in total. The molecule has 0 bridgehead atoms. The molecular formula is C32H24Cl2CoN10O8S2-. The molecule has 0 saturated carbocycles. The van der Waals surface area contributed by atoms with Crippen LogP contribution in [0.25, 0.3) is 11.4 Å². The Labute approximate surface area is 333 Å². The number of aryl methyl sites for hydroxylation is 2. The fourth-order valence-electron chi connectivity index (χ4n) is 4.50. The van der Waals surface area contributed by atoms with E-state index in [1.807, 2.05) is 0 Å². The van der Waals surface area contributed by atoms with E-state index in [0.29, 0.717) is 21.4 Å². The molecule has 23 heteroatoms. The van der Waals surface area contributed by atoms with Crippen LogP contribution in [-0.2, 0) is 36.8 Å². The van der Waals surface area contributed by atoms with Gasteiger partial charge in [0.15, 0.2) is 0 Å². The Morgan fingerprint density at radius 2 is 0.945 bits per heavy atom. The average molecular weight is 871 g/mol. The van der Waals surface area contributed by atoms with Crippen LogP contribution in [0.1, 0.15) is 11.4 Å². The van der Waals surface area contributed by atoms with E-state index >= 15 is 0 Å². The van der Waals surface area contributed by atoms with Gasteiger partial charge in [0.05, 0.1) is 43.9 Å². The van der Waals surface area contributed by atoms with Gasteiger partial charge in [0.2, 0.25) is 20.0 Å². The fraction of sp³-hybridized carbons (Fsp3) is 0.0625. The van der Waals surface area contributed by atoms with Gasteiger partial charge in [0.1, 0.15) is 11.4 Å². The van der Waals surface area contributed by atoms with E-state index in [2.05, 4.69) is 30.7 Å². The van der Waals surface area contributed by atoms with Crippen LogP contribution in [0.15, 0.2) is 115 Å². The van der Waals surface area contributed by atoms with Crippen molar-refractivity contribution in [2.45, 2.75) is 23.6 Å². The van der Waals surface area contributed by atoms with Crippen molar-refractivity contribution in [1.82, 2.24) is 19.6 Å². The van der Waals surface area contributed by atoms with E-state index in [4.69, 9.17) is 33.5 Å². The van der Waals surface area contributed by atoms with Crippen molar-refractivity contribution in [3.8, 4) is 34.6 Å². The maximum absolute atomic E-state index is 12.5. The van der Waals surface area contributed by atoms with Crippen LogP contribution in [0.2, 0.25) is 10.0 Å². The Hall–Kier alpha value is -5.39. The molecule has 0 aliphatic rings. The Morgan fingerprint density at radius 1 is 0.582 bits per heavy atom. The predicted octanol–water partition coefficient (Wildman–Crippen LogP) is 4.09. The molecule has 0 fully saturated rings. The van der Waals surface area contributed by atoms with Crippen molar-refractivity contribution < 1.29 is 54.0 Å². The van der Waals surface area contributed by atoms with Gasteiger partial charge in [0, 0.05) is 21.8 Å². The van der Waals surface area contributed by atoms with E-state index in [9.17, 15) is 37.3 Å². The molecule has 0 radical (unpaired) electrons. The monoisotopic (exact) mass is 869 g/mol. The second-order valence-corrected chi connectivity index (χ2v) is 15.0. The van der Waals surface area contributed by atoms with Gasteiger partial charge in [0.25, 0.3) is 0 Å². The van der Waals surface area contributed by atoms with Crippen LogP contribution in [0.4, 0.5) is 22.7 Å². The maximum Gasteiger partial charge on any atom is 3.00 e. The molecular weight excluding hydrogens is 846 g/mol. The predicted molar refractivity (Wildman–Crippen MR) is 188 cm³/mol. The summed E-state index contributed by atoms with van der Waals surface area (Å²) in [5.41, 5.74) is 0.727. The SMILES string of the molecule is Cc1nn(-c2cccc(Cl)c2)c([O-])c1N=Nc1cc(S(N)(=O)=O)ccc1[O-].Cc1nn(-c2cccc(Cl)c2)c([O-])c1N=Nc1cc(S(N)(=O)=O)ccc1[O-].[Co+3]. The van der Waals surface area contributed by atoms with Gasteiger partial charge in [-0.2, -0.15) is 20.4 Å². The number of nitrogens with two attached hydrogens (primary N) is 2. The summed E-state index contributed by atoms with van der Waals surface area (Å²) in [6.07, 6.45) is 0. The fourth-order valence-corrected chi connectivity index (χ4v) is 5.94. The molecule has 0 aliphatic heterocycles. The molecule has 2 heterocycles. The van der Waals surface area contributed by atoms with Crippen molar-refractivity contribution in [1.29, 1.82) is 0 Å². The summed E-state index contributed by atoms with van der Waals surface area (Å²) in [6.45, 7) is 3.10. The van der Waals surface area contributed by atoms with E-state index in [-0.39, 0.29) is 60.7 Å². The first-order valence-electron chi connectivity index (χ1n) is 14.9. The third-order valence-electron chi connectivity index (χ3n) is 7.11. The van der Waals surface area contributed by atoms with Crippen molar-refractivity contribution in [3.05, 3.63) is 106 Å². The van der Waals surface area contributed by atoms with E-state index < -0.39 is 43.3 Å². The van der Waals surface area contributed by atoms with Gasteiger partial charge in [-0.1, -0.05) is 59.0 Å². The topological polar surface area (TPSA) is 298 Å². The van der Waals surface area contributed by atoms with E-state index in [1.165, 1.54) is 0 Å². The summed E-state index contributed by atoms with van der Waals surface area (Å²) in [6, 6.07) is 19.2. The molecule has 0 unspecified atom stereocenters. The second kappa shape index (κ2) is 17.0. The Balaban J connectivity index is 0.000000240. The molecule has 55 heavy (non-hydrogen) atoms. The first kappa shape index (κ1) is 42.3. The zero-order valence-corrected chi connectivity index (χ0v) is 32.2. The Kier molecular flexibility index (Phi) is 13.1. The first-order valence-corrected chi connectivity index (χ1v) is 18.7. The van der Waals surface area contributed by atoms with Crippen LogP contribution < -0.4 is 30.7 Å². The van der Waals surface area contributed by atoms with Gasteiger partial charge in [-0.15, -0.1) is 10.2 Å². The minimum atomic E-state index is -4.01. The number of primary sulfonamides is 2. The maximum atomic E-state index is 12.5. The number of aromatic nitrogens is 4. The molecule has 6 aromatic rings. The van der Waals surface area contributed by atoms with Crippen molar-refractivity contribution in [2.24, 2.45) is 30.7 Å². The summed E-state index contributed by atoms with van der Waals surface area (Å²) in [5, 5.41) is 82.9. The van der Waals surface area contributed by atoms with E-state index in [0.717, 1.165) is 45.8 Å². The number of hydrogen-bond acceptors (Lipinski definition) is 14. The van der Waals surface area contributed by atoms with Crippen LogP contribution >= 0.6 is 23.2 Å². The molecule has 4 aromatic carbocycles. The smallest absolute Gasteiger partial charge is 0.871 e. The van der Waals surface area contributed by atoms with Gasteiger partial charge >= 0.3 is 16.8 Å². The molecule has 4 N–H and O–H groups in total. The van der Waals surface area contributed by atoms with Crippen LogP contribution in [0.5, 0.6) is 23.3 Å². The minimum absolute atomic E-state index is 0. The minimum Gasteiger partial charge on any atom is -0.871 e. The van der Waals surface area contributed by atoms with Gasteiger partial charge in [-0.05, 0) is 74.5 Å². The normalized spacial score (nSPS) is 11.7. The molecule has 2 aromatic heterocycles. The number of benzene rings is 4. The number of nitrogens with zero attached hydrogens (tertiary/aromatic N) is 8. The Morgan fingerprint density at radius 3 is 1.27 bits per heavy atom. The average Bonchev–Trinajstić information content (AvgIpc) is 3.55. The number of halogens is 2.